The fourth-order valence-electron chi connectivity index (χ4n) is 4.73. The minimum atomic E-state index is -0.185. The van der Waals surface area contributed by atoms with E-state index in [2.05, 4.69) is 30.4 Å². The number of amides is 1. The molecule has 0 fully saturated rings. The van der Waals surface area contributed by atoms with E-state index in [1.54, 1.807) is 14.2 Å². The van der Waals surface area contributed by atoms with Gasteiger partial charge in [0.2, 0.25) is 5.91 Å². The molecule has 2 atom stereocenters. The van der Waals surface area contributed by atoms with Gasteiger partial charge in [0, 0.05) is 11.8 Å². The van der Waals surface area contributed by atoms with Gasteiger partial charge in [-0.3, -0.25) is 4.79 Å². The van der Waals surface area contributed by atoms with Crippen molar-refractivity contribution < 1.29 is 14.3 Å². The van der Waals surface area contributed by atoms with Gasteiger partial charge in [0.1, 0.15) is 11.5 Å². The third-order valence-corrected chi connectivity index (χ3v) is 6.53. The van der Waals surface area contributed by atoms with Crippen molar-refractivity contribution in [1.29, 1.82) is 0 Å². The molecular formula is C28H31NO3. The van der Waals surface area contributed by atoms with Gasteiger partial charge in [0.05, 0.1) is 20.1 Å². The number of carbonyl (C=O) groups excluding carboxylic acids is 1. The molecule has 4 rings (SSSR count). The maximum Gasteiger partial charge on any atom is 0.231 e. The van der Waals surface area contributed by atoms with Crippen LogP contribution >= 0.6 is 0 Å². The van der Waals surface area contributed by atoms with Crippen LogP contribution in [0.5, 0.6) is 11.5 Å². The van der Waals surface area contributed by atoms with Gasteiger partial charge in [-0.1, -0.05) is 49.4 Å². The van der Waals surface area contributed by atoms with Crippen molar-refractivity contribution in [3.8, 4) is 11.5 Å². The molecule has 4 nitrogen and oxygen atoms in total. The van der Waals surface area contributed by atoms with Crippen LogP contribution in [0.4, 0.5) is 5.69 Å². The number of hydrogen-bond acceptors (Lipinski definition) is 3. The Morgan fingerprint density at radius 3 is 2.41 bits per heavy atom. The van der Waals surface area contributed by atoms with Crippen LogP contribution in [0.3, 0.4) is 0 Å². The molecule has 0 saturated heterocycles. The first kappa shape index (κ1) is 21.9. The molecule has 3 aromatic rings. The van der Waals surface area contributed by atoms with E-state index in [1.165, 1.54) is 16.7 Å². The fraction of sp³-hybridized carbons (Fsp3) is 0.321. The van der Waals surface area contributed by atoms with E-state index < -0.39 is 0 Å². The van der Waals surface area contributed by atoms with Crippen LogP contribution in [0.25, 0.3) is 0 Å². The van der Waals surface area contributed by atoms with E-state index in [4.69, 9.17) is 9.47 Å². The summed E-state index contributed by atoms with van der Waals surface area (Å²) in [5.74, 6) is 1.83. The van der Waals surface area contributed by atoms with Crippen molar-refractivity contribution in [3.05, 3.63) is 89.0 Å². The molecule has 4 heteroatoms. The minimum absolute atomic E-state index is 0.0224. The van der Waals surface area contributed by atoms with Crippen LogP contribution in [-0.4, -0.2) is 20.1 Å². The summed E-state index contributed by atoms with van der Waals surface area (Å²) in [6, 6.07) is 22.4. The molecular weight excluding hydrogens is 398 g/mol. The molecule has 32 heavy (non-hydrogen) atoms. The van der Waals surface area contributed by atoms with E-state index in [0.29, 0.717) is 5.92 Å². The van der Waals surface area contributed by atoms with Crippen molar-refractivity contribution in [3.63, 3.8) is 0 Å². The minimum Gasteiger partial charge on any atom is -0.497 e. The summed E-state index contributed by atoms with van der Waals surface area (Å²) in [6.45, 7) is 2.05. The van der Waals surface area contributed by atoms with E-state index >= 15 is 0 Å². The molecule has 0 aromatic heterocycles. The second kappa shape index (κ2) is 9.90. The number of anilines is 1. The lowest BCUT2D eigenvalue weighted by Crippen LogP contribution is -2.22. The summed E-state index contributed by atoms with van der Waals surface area (Å²) in [5.41, 5.74) is 5.77. The molecule has 166 valence electrons. The fourth-order valence-corrected chi connectivity index (χ4v) is 4.73. The van der Waals surface area contributed by atoms with E-state index in [1.807, 2.05) is 48.5 Å². The lowest BCUT2D eigenvalue weighted by molar-refractivity contribution is -0.117. The Bertz CT molecular complexity index is 1080. The van der Waals surface area contributed by atoms with Crippen molar-refractivity contribution >= 4 is 11.6 Å². The summed E-state index contributed by atoms with van der Waals surface area (Å²) >= 11 is 0. The Morgan fingerprint density at radius 2 is 1.69 bits per heavy atom. The predicted molar refractivity (Wildman–Crippen MR) is 129 cm³/mol. The zero-order valence-corrected chi connectivity index (χ0v) is 19.1. The van der Waals surface area contributed by atoms with Crippen LogP contribution in [0.15, 0.2) is 66.7 Å². The van der Waals surface area contributed by atoms with E-state index in [0.717, 1.165) is 48.4 Å². The second-order valence-electron chi connectivity index (χ2n) is 8.39. The van der Waals surface area contributed by atoms with Gasteiger partial charge in [-0.25, -0.2) is 0 Å². The molecule has 1 aliphatic rings. The molecule has 0 bridgehead atoms. The number of benzene rings is 3. The maximum atomic E-state index is 13.3. The predicted octanol–water partition coefficient (Wildman–Crippen LogP) is 6.11. The summed E-state index contributed by atoms with van der Waals surface area (Å²) in [5, 5.41) is 3.24. The number of fused-ring (bicyclic) bond motifs is 1. The average Bonchev–Trinajstić information content (AvgIpc) is 2.84. The molecule has 2 unspecified atom stereocenters. The number of nitrogens with one attached hydrogen (secondary N) is 1. The average molecular weight is 430 g/mol. The highest BCUT2D eigenvalue weighted by Gasteiger charge is 2.25. The summed E-state index contributed by atoms with van der Waals surface area (Å²) < 4.78 is 10.9. The lowest BCUT2D eigenvalue weighted by Gasteiger charge is -2.28. The van der Waals surface area contributed by atoms with E-state index in [-0.39, 0.29) is 11.8 Å². The van der Waals surface area contributed by atoms with Gasteiger partial charge in [0.15, 0.2) is 0 Å². The normalized spacial score (nSPS) is 16.0. The number of methoxy groups -OCH3 is 2. The highest BCUT2D eigenvalue weighted by Crippen LogP contribution is 2.39. The molecule has 0 radical (unpaired) electrons. The third-order valence-electron chi connectivity index (χ3n) is 6.53. The Labute approximate surface area is 190 Å². The van der Waals surface area contributed by atoms with Crippen molar-refractivity contribution in [2.45, 2.75) is 44.4 Å². The monoisotopic (exact) mass is 429 g/mol. The van der Waals surface area contributed by atoms with Crippen LogP contribution < -0.4 is 14.8 Å². The highest BCUT2D eigenvalue weighted by molar-refractivity contribution is 5.96. The zero-order valence-electron chi connectivity index (χ0n) is 19.1. The van der Waals surface area contributed by atoms with Gasteiger partial charge in [-0.05, 0) is 72.1 Å². The molecule has 1 aliphatic carbocycles. The molecule has 0 saturated carbocycles. The van der Waals surface area contributed by atoms with Crippen molar-refractivity contribution in [2.24, 2.45) is 0 Å². The van der Waals surface area contributed by atoms with Gasteiger partial charge in [0.25, 0.3) is 0 Å². The number of rotatable bonds is 7. The van der Waals surface area contributed by atoms with Crippen LogP contribution in [0.1, 0.15) is 53.9 Å². The first-order valence-corrected chi connectivity index (χ1v) is 11.3. The first-order valence-electron chi connectivity index (χ1n) is 11.3. The van der Waals surface area contributed by atoms with Crippen molar-refractivity contribution in [2.75, 3.05) is 19.5 Å². The summed E-state index contributed by atoms with van der Waals surface area (Å²) in [7, 11) is 3.36. The number of carbonyl (C=O) groups is 1. The van der Waals surface area contributed by atoms with Crippen molar-refractivity contribution in [1.82, 2.24) is 0 Å². The Hall–Kier alpha value is -3.27. The number of ether oxygens (including phenoxy) is 2. The van der Waals surface area contributed by atoms with Gasteiger partial charge in [-0.2, -0.15) is 0 Å². The van der Waals surface area contributed by atoms with Crippen LogP contribution in [0.2, 0.25) is 0 Å². The number of hydrogen-bond donors (Lipinski definition) is 1. The lowest BCUT2D eigenvalue weighted by atomic mass is 9.79. The molecule has 1 N–H and O–H groups in total. The molecule has 0 heterocycles. The Morgan fingerprint density at radius 1 is 0.969 bits per heavy atom. The molecule has 3 aromatic carbocycles. The first-order chi connectivity index (χ1) is 15.6. The van der Waals surface area contributed by atoms with Crippen LogP contribution in [0, 0.1) is 0 Å². The molecule has 0 aliphatic heterocycles. The van der Waals surface area contributed by atoms with Crippen LogP contribution in [-0.2, 0) is 17.6 Å². The second-order valence-corrected chi connectivity index (χ2v) is 8.39. The van der Waals surface area contributed by atoms with Gasteiger partial charge < -0.3 is 14.8 Å². The molecule has 0 spiro atoms. The number of aryl methyl sites for hydroxylation is 1. The van der Waals surface area contributed by atoms with E-state index in [9.17, 15) is 4.79 Å². The largest absolute Gasteiger partial charge is 0.497 e. The summed E-state index contributed by atoms with van der Waals surface area (Å²) in [4.78, 5) is 13.3. The third kappa shape index (κ3) is 4.64. The zero-order chi connectivity index (χ0) is 22.5. The van der Waals surface area contributed by atoms with Gasteiger partial charge in [-0.15, -0.1) is 0 Å². The highest BCUT2D eigenvalue weighted by atomic mass is 16.5. The maximum absolute atomic E-state index is 13.3. The smallest absolute Gasteiger partial charge is 0.231 e. The standard InChI is InChI=1S/C28H31NO3/c1-4-25(19-8-6-5-7-9-19)28(30)29-27-18-24(32-3)14-15-26(27)22-11-10-21-17-23(31-2)13-12-20(21)16-22/h5-9,12-15,17-18,22,25H,4,10-11,16H2,1-3H3,(H,29,30). The Kier molecular flexibility index (Phi) is 6.79. The Balaban J connectivity index is 1.61. The van der Waals surface area contributed by atoms with Gasteiger partial charge >= 0.3 is 0 Å². The quantitative estimate of drug-likeness (QED) is 0.493. The molecule has 1 amide bonds. The summed E-state index contributed by atoms with van der Waals surface area (Å²) in [6.07, 6.45) is 3.72. The topological polar surface area (TPSA) is 47.6 Å². The SMILES string of the molecule is CCC(C(=O)Nc1cc(OC)ccc1C1CCc2cc(OC)ccc2C1)c1ccccc1.